The SMILES string of the molecule is CCNCc1cc(OC)ccc1OCCC(=O)NC(C)C. The fraction of sp³-hybridized carbons (Fsp3) is 0.562. The van der Waals surface area contributed by atoms with Gasteiger partial charge >= 0.3 is 0 Å². The van der Waals surface area contributed by atoms with Crippen LogP contribution in [0.5, 0.6) is 11.5 Å². The molecule has 5 heteroatoms. The maximum absolute atomic E-state index is 11.6. The predicted octanol–water partition coefficient (Wildman–Crippen LogP) is 2.10. The molecule has 21 heavy (non-hydrogen) atoms. The first-order valence-electron chi connectivity index (χ1n) is 7.36. The zero-order valence-corrected chi connectivity index (χ0v) is 13.4. The first kappa shape index (κ1) is 17.3. The van der Waals surface area contributed by atoms with Crippen LogP contribution in [0.3, 0.4) is 0 Å². The molecule has 0 heterocycles. The summed E-state index contributed by atoms with van der Waals surface area (Å²) in [6.45, 7) is 7.89. The highest BCUT2D eigenvalue weighted by Crippen LogP contribution is 2.24. The van der Waals surface area contributed by atoms with Crippen LogP contribution < -0.4 is 20.1 Å². The van der Waals surface area contributed by atoms with Crippen molar-refractivity contribution in [1.82, 2.24) is 10.6 Å². The van der Waals surface area contributed by atoms with E-state index in [0.717, 1.165) is 23.6 Å². The number of rotatable bonds is 9. The van der Waals surface area contributed by atoms with E-state index in [9.17, 15) is 4.79 Å². The number of carbonyl (C=O) groups is 1. The molecule has 0 aliphatic heterocycles. The second kappa shape index (κ2) is 9.23. The third-order valence-corrected chi connectivity index (χ3v) is 2.87. The Morgan fingerprint density at radius 2 is 2.10 bits per heavy atom. The van der Waals surface area contributed by atoms with Crippen molar-refractivity contribution >= 4 is 5.91 Å². The molecule has 2 N–H and O–H groups in total. The van der Waals surface area contributed by atoms with Gasteiger partial charge in [-0.25, -0.2) is 0 Å². The molecule has 1 aromatic carbocycles. The lowest BCUT2D eigenvalue weighted by Crippen LogP contribution is -2.31. The zero-order chi connectivity index (χ0) is 15.7. The lowest BCUT2D eigenvalue weighted by atomic mass is 10.2. The number of nitrogens with one attached hydrogen (secondary N) is 2. The van der Waals surface area contributed by atoms with Crippen LogP contribution in [0, 0.1) is 0 Å². The topological polar surface area (TPSA) is 59.6 Å². The summed E-state index contributed by atoms with van der Waals surface area (Å²) in [5.74, 6) is 1.59. The maximum atomic E-state index is 11.6. The van der Waals surface area contributed by atoms with Crippen LogP contribution >= 0.6 is 0 Å². The molecule has 1 rings (SSSR count). The van der Waals surface area contributed by atoms with Crippen molar-refractivity contribution in [3.8, 4) is 11.5 Å². The zero-order valence-electron chi connectivity index (χ0n) is 13.4. The van der Waals surface area contributed by atoms with Crippen LogP contribution in [0.25, 0.3) is 0 Å². The van der Waals surface area contributed by atoms with Crippen LogP contribution in [0.4, 0.5) is 0 Å². The van der Waals surface area contributed by atoms with Crippen LogP contribution in [-0.4, -0.2) is 32.2 Å². The highest BCUT2D eigenvalue weighted by atomic mass is 16.5. The molecule has 1 amide bonds. The van der Waals surface area contributed by atoms with Gasteiger partial charge in [0.25, 0.3) is 0 Å². The molecule has 0 aromatic heterocycles. The van der Waals surface area contributed by atoms with E-state index in [2.05, 4.69) is 17.6 Å². The average Bonchev–Trinajstić information content (AvgIpc) is 2.45. The molecule has 0 saturated carbocycles. The second-order valence-electron chi connectivity index (χ2n) is 5.07. The van der Waals surface area contributed by atoms with Gasteiger partial charge in [-0.15, -0.1) is 0 Å². The van der Waals surface area contributed by atoms with Gasteiger partial charge in [-0.05, 0) is 38.6 Å². The molecule has 0 bridgehead atoms. The van der Waals surface area contributed by atoms with E-state index < -0.39 is 0 Å². The van der Waals surface area contributed by atoms with Gasteiger partial charge in [0, 0.05) is 18.2 Å². The number of amides is 1. The van der Waals surface area contributed by atoms with E-state index in [1.807, 2.05) is 32.0 Å². The van der Waals surface area contributed by atoms with E-state index in [0.29, 0.717) is 19.6 Å². The second-order valence-corrected chi connectivity index (χ2v) is 5.07. The number of carbonyl (C=O) groups excluding carboxylic acids is 1. The Morgan fingerprint density at radius 3 is 2.71 bits per heavy atom. The van der Waals surface area contributed by atoms with Gasteiger partial charge in [0.15, 0.2) is 0 Å². The summed E-state index contributed by atoms with van der Waals surface area (Å²) < 4.78 is 11.0. The molecule has 0 aliphatic carbocycles. The molecule has 0 unspecified atom stereocenters. The lowest BCUT2D eigenvalue weighted by molar-refractivity contribution is -0.122. The Labute approximate surface area is 127 Å². The Hall–Kier alpha value is -1.75. The van der Waals surface area contributed by atoms with Crippen molar-refractivity contribution < 1.29 is 14.3 Å². The normalized spacial score (nSPS) is 10.5. The summed E-state index contributed by atoms with van der Waals surface area (Å²) in [6, 6.07) is 5.85. The Balaban J connectivity index is 2.58. The summed E-state index contributed by atoms with van der Waals surface area (Å²) >= 11 is 0. The largest absolute Gasteiger partial charge is 0.497 e. The maximum Gasteiger partial charge on any atom is 0.223 e. The molecule has 118 valence electrons. The van der Waals surface area contributed by atoms with Gasteiger partial charge in [-0.1, -0.05) is 6.92 Å². The third kappa shape index (κ3) is 6.49. The molecular weight excluding hydrogens is 268 g/mol. The van der Waals surface area contributed by atoms with Gasteiger partial charge in [0.1, 0.15) is 11.5 Å². The molecular formula is C16H26N2O3. The van der Waals surface area contributed by atoms with Crippen molar-refractivity contribution in [3.63, 3.8) is 0 Å². The minimum absolute atomic E-state index is 0.00625. The minimum Gasteiger partial charge on any atom is -0.497 e. The number of methoxy groups -OCH3 is 1. The van der Waals surface area contributed by atoms with Gasteiger partial charge in [-0.3, -0.25) is 4.79 Å². The minimum atomic E-state index is 0.00625. The first-order valence-corrected chi connectivity index (χ1v) is 7.36. The molecule has 0 atom stereocenters. The summed E-state index contributed by atoms with van der Waals surface area (Å²) in [7, 11) is 1.64. The van der Waals surface area contributed by atoms with Crippen molar-refractivity contribution in [2.45, 2.75) is 39.8 Å². The number of benzene rings is 1. The van der Waals surface area contributed by atoms with Gasteiger partial charge in [0.05, 0.1) is 20.1 Å². The molecule has 0 aliphatic rings. The molecule has 0 spiro atoms. The van der Waals surface area contributed by atoms with Gasteiger partial charge in [-0.2, -0.15) is 0 Å². The third-order valence-electron chi connectivity index (χ3n) is 2.87. The van der Waals surface area contributed by atoms with Crippen molar-refractivity contribution in [2.75, 3.05) is 20.3 Å². The van der Waals surface area contributed by atoms with Crippen LogP contribution in [0.1, 0.15) is 32.8 Å². The van der Waals surface area contributed by atoms with Crippen LogP contribution in [0.15, 0.2) is 18.2 Å². The fourth-order valence-electron chi connectivity index (χ4n) is 1.87. The van der Waals surface area contributed by atoms with Gasteiger partial charge in [0.2, 0.25) is 5.91 Å². The van der Waals surface area contributed by atoms with Crippen molar-refractivity contribution in [3.05, 3.63) is 23.8 Å². The van der Waals surface area contributed by atoms with Crippen molar-refractivity contribution in [2.24, 2.45) is 0 Å². The number of ether oxygens (including phenoxy) is 2. The molecule has 1 aromatic rings. The molecule has 0 fully saturated rings. The summed E-state index contributed by atoms with van der Waals surface area (Å²) in [5, 5.41) is 6.11. The number of hydrogen-bond donors (Lipinski definition) is 2. The number of hydrogen-bond acceptors (Lipinski definition) is 4. The summed E-state index contributed by atoms with van der Waals surface area (Å²) in [5.41, 5.74) is 1.03. The molecule has 5 nitrogen and oxygen atoms in total. The van der Waals surface area contributed by atoms with E-state index in [4.69, 9.17) is 9.47 Å². The quantitative estimate of drug-likeness (QED) is 0.732. The van der Waals surface area contributed by atoms with Gasteiger partial charge < -0.3 is 20.1 Å². The van der Waals surface area contributed by atoms with Crippen LogP contribution in [0.2, 0.25) is 0 Å². The highest BCUT2D eigenvalue weighted by molar-refractivity contribution is 5.76. The van der Waals surface area contributed by atoms with E-state index in [-0.39, 0.29) is 11.9 Å². The monoisotopic (exact) mass is 294 g/mol. The summed E-state index contributed by atoms with van der Waals surface area (Å²) in [4.78, 5) is 11.6. The first-order chi connectivity index (χ1) is 10.1. The molecule has 0 radical (unpaired) electrons. The fourth-order valence-corrected chi connectivity index (χ4v) is 1.87. The Morgan fingerprint density at radius 1 is 1.33 bits per heavy atom. The average molecular weight is 294 g/mol. The van der Waals surface area contributed by atoms with E-state index >= 15 is 0 Å². The standard InChI is InChI=1S/C16H26N2O3/c1-5-17-11-13-10-14(20-4)6-7-15(13)21-9-8-16(19)18-12(2)3/h6-7,10,12,17H,5,8-9,11H2,1-4H3,(H,18,19). The van der Waals surface area contributed by atoms with E-state index in [1.165, 1.54) is 0 Å². The predicted molar refractivity (Wildman–Crippen MR) is 83.8 cm³/mol. The van der Waals surface area contributed by atoms with Crippen LogP contribution in [-0.2, 0) is 11.3 Å². The van der Waals surface area contributed by atoms with E-state index in [1.54, 1.807) is 7.11 Å². The molecule has 0 saturated heterocycles. The van der Waals surface area contributed by atoms with Crippen molar-refractivity contribution in [1.29, 1.82) is 0 Å². The highest BCUT2D eigenvalue weighted by Gasteiger charge is 2.08. The summed E-state index contributed by atoms with van der Waals surface area (Å²) in [6.07, 6.45) is 0.352. The lowest BCUT2D eigenvalue weighted by Gasteiger charge is -2.14. The Kier molecular flexibility index (Phi) is 7.61. The smallest absolute Gasteiger partial charge is 0.223 e. The Bertz CT molecular complexity index is 447.